The smallest absolute Gasteiger partial charge is 0.137 e. The van der Waals surface area contributed by atoms with Crippen molar-refractivity contribution in [2.45, 2.75) is 33.1 Å². The third-order valence-electron chi connectivity index (χ3n) is 10.7. The van der Waals surface area contributed by atoms with Crippen LogP contribution < -0.4 is 0 Å². The lowest BCUT2D eigenvalue weighted by Crippen LogP contribution is -2.14. The number of fused-ring (bicyclic) bond motifs is 4. The van der Waals surface area contributed by atoms with Gasteiger partial charge in [-0.3, -0.25) is 4.40 Å². The summed E-state index contributed by atoms with van der Waals surface area (Å²) in [5.74, 6) is 0. The van der Waals surface area contributed by atoms with Crippen molar-refractivity contribution in [1.82, 2.24) is 9.38 Å². The van der Waals surface area contributed by atoms with Crippen LogP contribution in [0.4, 0.5) is 0 Å². The molecule has 1 aliphatic rings. The molecule has 0 atom stereocenters. The summed E-state index contributed by atoms with van der Waals surface area (Å²) in [6, 6.07) is 55.2. The van der Waals surface area contributed by atoms with Crippen molar-refractivity contribution in [3.8, 4) is 67.0 Å². The fourth-order valence-electron chi connectivity index (χ4n) is 8.10. The molecule has 50 heavy (non-hydrogen) atoms. The largest absolute Gasteiger partial charge is 0.299 e. The lowest BCUT2D eigenvalue weighted by Gasteiger charge is -2.22. The molecular weight excluding hydrogens is 605 g/mol. The highest BCUT2D eigenvalue weighted by Crippen LogP contribution is 2.50. The van der Waals surface area contributed by atoms with Gasteiger partial charge >= 0.3 is 0 Å². The van der Waals surface area contributed by atoms with E-state index in [0.717, 1.165) is 28.2 Å². The van der Waals surface area contributed by atoms with E-state index in [4.69, 9.17) is 4.98 Å². The van der Waals surface area contributed by atoms with Crippen LogP contribution >= 0.6 is 0 Å². The van der Waals surface area contributed by atoms with E-state index in [0.29, 0.717) is 0 Å². The normalized spacial score (nSPS) is 13.0. The van der Waals surface area contributed by atoms with Crippen LogP contribution in [0.3, 0.4) is 0 Å². The summed E-state index contributed by atoms with van der Waals surface area (Å²) in [4.78, 5) is 5.05. The molecule has 0 N–H and O–H groups in total. The van der Waals surface area contributed by atoms with Crippen LogP contribution in [0.15, 0.2) is 158 Å². The molecule has 6 aromatic carbocycles. The Morgan fingerprint density at radius 1 is 0.460 bits per heavy atom. The van der Waals surface area contributed by atoms with Gasteiger partial charge in [-0.05, 0) is 105 Å². The van der Waals surface area contributed by atoms with Crippen molar-refractivity contribution in [2.24, 2.45) is 0 Å². The summed E-state index contributed by atoms with van der Waals surface area (Å²) in [7, 11) is 0. The van der Waals surface area contributed by atoms with Gasteiger partial charge in [-0.1, -0.05) is 141 Å². The molecule has 9 rings (SSSR count). The van der Waals surface area contributed by atoms with E-state index < -0.39 is 0 Å². The van der Waals surface area contributed by atoms with Gasteiger partial charge in [0, 0.05) is 22.7 Å². The maximum Gasteiger partial charge on any atom is 0.137 e. The van der Waals surface area contributed by atoms with Crippen molar-refractivity contribution in [3.05, 3.63) is 180 Å². The van der Waals surface area contributed by atoms with Crippen LogP contribution in [-0.4, -0.2) is 9.38 Å². The van der Waals surface area contributed by atoms with Gasteiger partial charge in [-0.25, -0.2) is 4.98 Å². The second-order valence-corrected chi connectivity index (χ2v) is 14.1. The Balaban J connectivity index is 1.13. The van der Waals surface area contributed by atoms with Gasteiger partial charge in [0.2, 0.25) is 0 Å². The minimum absolute atomic E-state index is 0.0318. The molecule has 0 radical (unpaired) electrons. The van der Waals surface area contributed by atoms with E-state index in [-0.39, 0.29) is 5.41 Å². The number of hydrogen-bond acceptors (Lipinski definition) is 1. The van der Waals surface area contributed by atoms with Crippen LogP contribution in [0.2, 0.25) is 0 Å². The number of aromatic nitrogens is 2. The average Bonchev–Trinajstić information content (AvgIpc) is 3.65. The quantitative estimate of drug-likeness (QED) is 0.183. The fraction of sp³-hybridized carbons (Fsp3) is 0.104. The van der Waals surface area contributed by atoms with E-state index in [1.807, 2.05) is 6.07 Å². The molecule has 0 saturated carbocycles. The molecular formula is C48H38N2. The molecule has 8 aromatic rings. The molecule has 0 spiro atoms. The Kier molecular flexibility index (Phi) is 6.96. The summed E-state index contributed by atoms with van der Waals surface area (Å²) in [6.45, 7) is 9.17. The number of rotatable bonds is 5. The molecule has 2 heterocycles. The minimum atomic E-state index is -0.0318. The van der Waals surface area contributed by atoms with Crippen LogP contribution in [0, 0.1) is 13.8 Å². The molecule has 2 heteroatoms. The first-order chi connectivity index (χ1) is 24.4. The highest BCUT2D eigenvalue weighted by Gasteiger charge is 2.35. The maximum absolute atomic E-state index is 5.05. The molecule has 0 amide bonds. The molecule has 0 fully saturated rings. The lowest BCUT2D eigenvalue weighted by molar-refractivity contribution is 0.660. The van der Waals surface area contributed by atoms with Gasteiger partial charge in [-0.2, -0.15) is 0 Å². The van der Waals surface area contributed by atoms with Crippen LogP contribution in [0.1, 0.15) is 36.1 Å². The van der Waals surface area contributed by atoms with E-state index >= 15 is 0 Å². The average molecular weight is 643 g/mol. The number of benzene rings is 6. The predicted molar refractivity (Wildman–Crippen MR) is 209 cm³/mol. The Bertz CT molecular complexity index is 2570. The van der Waals surface area contributed by atoms with Gasteiger partial charge in [0.05, 0.1) is 11.4 Å². The molecule has 0 bridgehead atoms. The van der Waals surface area contributed by atoms with Gasteiger partial charge < -0.3 is 0 Å². The molecule has 2 nitrogen and oxygen atoms in total. The summed E-state index contributed by atoms with van der Waals surface area (Å²) < 4.78 is 2.20. The highest BCUT2D eigenvalue weighted by atomic mass is 15.0. The third-order valence-corrected chi connectivity index (χ3v) is 10.7. The second-order valence-electron chi connectivity index (χ2n) is 14.1. The van der Waals surface area contributed by atoms with Gasteiger partial charge in [-0.15, -0.1) is 0 Å². The third kappa shape index (κ3) is 4.75. The SMILES string of the molecule is Cc1ccc(-c2ccc3c(c2)C(C)(C)c2ccccc2-3)cc1-c1c(C)cccc1-c1ccc(-c2c(-c3ccccc3)nc3ccccn23)cc1. The van der Waals surface area contributed by atoms with Gasteiger partial charge in [0.15, 0.2) is 0 Å². The first-order valence-electron chi connectivity index (χ1n) is 17.5. The standard InChI is InChI=1S/C48H38N2/c1-31-20-21-36(37-26-27-40-39-16-8-9-18-42(39)48(3,4)43(40)30-37)29-41(31)45-32(2)13-12-17-38(45)33-22-24-35(25-23-33)47-46(34-14-6-5-7-15-34)49-44-19-10-11-28-50(44)47/h5-30H,1-4H3. The number of pyridine rings is 1. The Labute approximate surface area is 294 Å². The monoisotopic (exact) mass is 642 g/mol. The second kappa shape index (κ2) is 11.6. The highest BCUT2D eigenvalue weighted by molar-refractivity contribution is 5.91. The summed E-state index contributed by atoms with van der Waals surface area (Å²) >= 11 is 0. The summed E-state index contributed by atoms with van der Waals surface area (Å²) in [5.41, 5.74) is 20.8. The minimum Gasteiger partial charge on any atom is -0.299 e. The lowest BCUT2D eigenvalue weighted by atomic mass is 9.81. The zero-order valence-corrected chi connectivity index (χ0v) is 28.9. The van der Waals surface area contributed by atoms with E-state index in [1.54, 1.807) is 0 Å². The Morgan fingerprint density at radius 2 is 1.12 bits per heavy atom. The van der Waals surface area contributed by atoms with Crippen LogP contribution in [0.5, 0.6) is 0 Å². The van der Waals surface area contributed by atoms with Crippen LogP contribution in [-0.2, 0) is 5.41 Å². The van der Waals surface area contributed by atoms with Crippen molar-refractivity contribution in [1.29, 1.82) is 0 Å². The Morgan fingerprint density at radius 3 is 1.96 bits per heavy atom. The first-order valence-corrected chi connectivity index (χ1v) is 17.5. The van der Waals surface area contributed by atoms with Gasteiger partial charge in [0.25, 0.3) is 0 Å². The van der Waals surface area contributed by atoms with E-state index in [1.165, 1.54) is 66.8 Å². The van der Waals surface area contributed by atoms with Crippen LogP contribution in [0.25, 0.3) is 72.7 Å². The van der Waals surface area contributed by atoms with E-state index in [2.05, 4.69) is 184 Å². The predicted octanol–water partition coefficient (Wildman–Crippen LogP) is 12.6. The van der Waals surface area contributed by atoms with Crippen molar-refractivity contribution < 1.29 is 0 Å². The summed E-state index contributed by atoms with van der Waals surface area (Å²) in [5, 5.41) is 0. The Hall–Kier alpha value is -5.99. The zero-order valence-electron chi connectivity index (χ0n) is 28.9. The number of nitrogens with zero attached hydrogens (tertiary/aromatic N) is 2. The fourth-order valence-corrected chi connectivity index (χ4v) is 8.10. The number of imidazole rings is 1. The number of aryl methyl sites for hydroxylation is 2. The topological polar surface area (TPSA) is 17.3 Å². The molecule has 0 aliphatic heterocycles. The first kappa shape index (κ1) is 30.1. The van der Waals surface area contributed by atoms with Crippen molar-refractivity contribution in [2.75, 3.05) is 0 Å². The van der Waals surface area contributed by atoms with Gasteiger partial charge in [0.1, 0.15) is 5.65 Å². The zero-order chi connectivity index (χ0) is 34.0. The molecule has 0 saturated heterocycles. The van der Waals surface area contributed by atoms with Crippen molar-refractivity contribution in [3.63, 3.8) is 0 Å². The van der Waals surface area contributed by atoms with E-state index in [9.17, 15) is 0 Å². The van der Waals surface area contributed by atoms with Crippen molar-refractivity contribution >= 4 is 5.65 Å². The maximum atomic E-state index is 5.05. The molecule has 240 valence electrons. The molecule has 0 unspecified atom stereocenters. The molecule has 2 aromatic heterocycles. The summed E-state index contributed by atoms with van der Waals surface area (Å²) in [6.07, 6.45) is 2.10. The number of hydrogen-bond donors (Lipinski definition) is 0. The molecule has 1 aliphatic carbocycles.